The summed E-state index contributed by atoms with van der Waals surface area (Å²) < 4.78 is 11.0. The molecule has 3 aliphatic rings. The quantitative estimate of drug-likeness (QED) is 0.587. The zero-order chi connectivity index (χ0) is 24.7. The van der Waals surface area contributed by atoms with E-state index in [1.807, 2.05) is 29.6 Å². The van der Waals surface area contributed by atoms with Gasteiger partial charge in [0.25, 0.3) is 5.91 Å². The van der Waals surface area contributed by atoms with Gasteiger partial charge in [-0.1, -0.05) is 25.3 Å². The molecule has 1 aromatic heterocycles. The summed E-state index contributed by atoms with van der Waals surface area (Å²) in [4.78, 5) is 45.8. The van der Waals surface area contributed by atoms with Gasteiger partial charge in [-0.15, -0.1) is 11.3 Å². The first-order valence-corrected chi connectivity index (χ1v) is 13.0. The maximum atomic E-state index is 13.7. The molecule has 2 aromatic rings. The number of amides is 4. The highest BCUT2D eigenvalue weighted by molar-refractivity contribution is 7.10. The topological polar surface area (TPSA) is 79.4 Å². The van der Waals surface area contributed by atoms with E-state index in [1.54, 1.807) is 42.4 Å². The van der Waals surface area contributed by atoms with Crippen molar-refractivity contribution in [3.63, 3.8) is 0 Å². The Kier molecular flexibility index (Phi) is 6.21. The van der Waals surface area contributed by atoms with Gasteiger partial charge < -0.3 is 19.3 Å². The minimum atomic E-state index is -0.790. The molecular weight excluding hydrogens is 466 g/mol. The fourth-order valence-corrected chi connectivity index (χ4v) is 6.72. The summed E-state index contributed by atoms with van der Waals surface area (Å²) >= 11 is 1.58. The van der Waals surface area contributed by atoms with Crippen LogP contribution >= 0.6 is 11.3 Å². The lowest BCUT2D eigenvalue weighted by atomic mass is 9.81. The molecule has 1 aromatic carbocycles. The van der Waals surface area contributed by atoms with Crippen molar-refractivity contribution >= 4 is 29.2 Å². The van der Waals surface area contributed by atoms with Crippen LogP contribution in [-0.2, 0) is 16.0 Å². The summed E-state index contributed by atoms with van der Waals surface area (Å²) in [5.41, 5.74) is 1.28. The molecule has 1 saturated heterocycles. The lowest BCUT2D eigenvalue weighted by Crippen LogP contribution is -2.50. The van der Waals surface area contributed by atoms with Crippen LogP contribution in [0.2, 0.25) is 0 Å². The number of hydrogen-bond donors (Lipinski definition) is 0. The maximum absolute atomic E-state index is 13.7. The highest BCUT2D eigenvalue weighted by Gasteiger charge is 2.56. The van der Waals surface area contributed by atoms with Crippen molar-refractivity contribution in [2.75, 3.05) is 34.4 Å². The van der Waals surface area contributed by atoms with Crippen LogP contribution in [0.5, 0.6) is 11.5 Å². The van der Waals surface area contributed by atoms with E-state index in [1.165, 1.54) is 4.90 Å². The summed E-state index contributed by atoms with van der Waals surface area (Å²) in [7, 11) is 4.90. The molecule has 1 saturated carbocycles. The van der Waals surface area contributed by atoms with Crippen molar-refractivity contribution in [1.82, 2.24) is 14.7 Å². The molecule has 8 nitrogen and oxygen atoms in total. The average Bonchev–Trinajstić information content (AvgIpc) is 3.48. The molecule has 0 bridgehead atoms. The fourth-order valence-electron chi connectivity index (χ4n) is 5.87. The molecule has 1 aliphatic carbocycles. The van der Waals surface area contributed by atoms with Gasteiger partial charge in [0, 0.05) is 18.5 Å². The summed E-state index contributed by atoms with van der Waals surface area (Å²) in [6.07, 6.45) is 4.87. The van der Waals surface area contributed by atoms with Crippen LogP contribution in [-0.4, -0.2) is 72.4 Å². The van der Waals surface area contributed by atoms with Crippen molar-refractivity contribution in [2.24, 2.45) is 0 Å². The summed E-state index contributed by atoms with van der Waals surface area (Å²) in [6, 6.07) is 7.20. The molecule has 35 heavy (non-hydrogen) atoms. The molecule has 1 atom stereocenters. The van der Waals surface area contributed by atoms with Crippen LogP contribution in [0.4, 0.5) is 4.79 Å². The number of thiophene rings is 1. The van der Waals surface area contributed by atoms with Crippen molar-refractivity contribution < 1.29 is 23.9 Å². The minimum absolute atomic E-state index is 0.227. The number of fused-ring (bicyclic) bond motifs is 1. The first-order chi connectivity index (χ1) is 16.9. The second-order valence-electron chi connectivity index (χ2n) is 9.49. The van der Waals surface area contributed by atoms with Crippen LogP contribution in [0.3, 0.4) is 0 Å². The van der Waals surface area contributed by atoms with E-state index in [-0.39, 0.29) is 30.4 Å². The lowest BCUT2D eigenvalue weighted by molar-refractivity contribution is -0.141. The predicted octanol–water partition coefficient (Wildman–Crippen LogP) is 3.84. The highest BCUT2D eigenvalue weighted by Crippen LogP contribution is 2.43. The smallest absolute Gasteiger partial charge is 0.327 e. The second-order valence-corrected chi connectivity index (χ2v) is 10.5. The predicted molar refractivity (Wildman–Crippen MR) is 132 cm³/mol. The minimum Gasteiger partial charge on any atom is -0.493 e. The molecule has 5 rings (SSSR count). The Hall–Kier alpha value is -3.07. The van der Waals surface area contributed by atoms with E-state index in [4.69, 9.17) is 9.47 Å². The molecular formula is C26H31N3O5S. The Labute approximate surface area is 209 Å². The maximum Gasteiger partial charge on any atom is 0.327 e. The normalized spacial score (nSPS) is 21.5. The number of likely N-dealkylation sites (N-methyl/N-ethyl adjacent to an activating group) is 1. The van der Waals surface area contributed by atoms with Crippen molar-refractivity contribution in [3.8, 4) is 11.5 Å². The van der Waals surface area contributed by atoms with E-state index >= 15 is 0 Å². The Morgan fingerprint density at radius 1 is 1.11 bits per heavy atom. The van der Waals surface area contributed by atoms with Gasteiger partial charge in [-0.05, 0) is 54.0 Å². The Morgan fingerprint density at radius 2 is 1.83 bits per heavy atom. The van der Waals surface area contributed by atoms with Crippen molar-refractivity contribution in [3.05, 3.63) is 45.6 Å². The number of carbonyl (C=O) groups excluding carboxylic acids is 3. The number of nitrogens with zero attached hydrogens (tertiary/aromatic N) is 3. The van der Waals surface area contributed by atoms with Gasteiger partial charge in [-0.3, -0.25) is 14.5 Å². The number of carbonyl (C=O) groups is 3. The standard InChI is InChI=1S/C26H31N3O5S/c1-27-25(32)29(24(31)26(27)10-5-4-6-11-26)16-22(30)28-12-9-17-14-19(33-2)20(34-3)15-18(17)23(28)21-8-7-13-35-21/h7-8,13-15,23H,4-6,9-12,16H2,1-3H3. The zero-order valence-corrected chi connectivity index (χ0v) is 21.2. The molecule has 9 heteroatoms. The van der Waals surface area contributed by atoms with Crippen LogP contribution in [0.15, 0.2) is 29.6 Å². The summed E-state index contributed by atoms with van der Waals surface area (Å²) in [5, 5.41) is 1.99. The van der Waals surface area contributed by atoms with Crippen molar-refractivity contribution in [1.29, 1.82) is 0 Å². The van der Waals surface area contributed by atoms with Crippen LogP contribution in [0.1, 0.15) is 54.1 Å². The number of urea groups is 1. The van der Waals surface area contributed by atoms with Gasteiger partial charge in [0.15, 0.2) is 11.5 Å². The summed E-state index contributed by atoms with van der Waals surface area (Å²) in [5.74, 6) is 0.805. The van der Waals surface area contributed by atoms with Crippen molar-refractivity contribution in [2.45, 2.75) is 50.1 Å². The number of ether oxygens (including phenoxy) is 2. The van der Waals surface area contributed by atoms with E-state index in [0.29, 0.717) is 37.3 Å². The van der Waals surface area contributed by atoms with Crippen LogP contribution in [0, 0.1) is 0 Å². The Balaban J connectivity index is 1.46. The molecule has 1 unspecified atom stereocenters. The SMILES string of the molecule is COc1cc2c(cc1OC)C(c1cccs1)N(C(=O)CN1C(=O)N(C)C3(CCCCC3)C1=O)CC2. The van der Waals surface area contributed by atoms with Gasteiger partial charge in [-0.2, -0.15) is 0 Å². The number of rotatable bonds is 5. The van der Waals surface area contributed by atoms with Gasteiger partial charge in [0.1, 0.15) is 12.1 Å². The third-order valence-electron chi connectivity index (χ3n) is 7.78. The molecule has 186 valence electrons. The Morgan fingerprint density at radius 3 is 2.49 bits per heavy atom. The monoisotopic (exact) mass is 497 g/mol. The number of imide groups is 1. The van der Waals surface area contributed by atoms with Gasteiger partial charge in [0.2, 0.25) is 5.91 Å². The molecule has 0 radical (unpaired) electrons. The first-order valence-electron chi connectivity index (χ1n) is 12.1. The number of hydrogen-bond acceptors (Lipinski definition) is 6. The molecule has 0 N–H and O–H groups in total. The summed E-state index contributed by atoms with van der Waals surface area (Å²) in [6.45, 7) is 0.245. The fraction of sp³-hybridized carbons (Fsp3) is 0.500. The molecule has 2 fully saturated rings. The molecule has 1 spiro atoms. The molecule has 4 amide bonds. The number of benzene rings is 1. The molecule has 2 aliphatic heterocycles. The number of methoxy groups -OCH3 is 2. The van der Waals surface area contributed by atoms with Crippen LogP contribution in [0.25, 0.3) is 0 Å². The van der Waals surface area contributed by atoms with E-state index in [9.17, 15) is 14.4 Å². The molecule has 3 heterocycles. The first kappa shape index (κ1) is 23.7. The third-order valence-corrected chi connectivity index (χ3v) is 8.71. The van der Waals surface area contributed by atoms with Gasteiger partial charge in [-0.25, -0.2) is 4.79 Å². The lowest BCUT2D eigenvalue weighted by Gasteiger charge is -2.38. The van der Waals surface area contributed by atoms with Gasteiger partial charge in [0.05, 0.1) is 20.3 Å². The average molecular weight is 498 g/mol. The van der Waals surface area contributed by atoms with Crippen LogP contribution < -0.4 is 9.47 Å². The van der Waals surface area contributed by atoms with Gasteiger partial charge >= 0.3 is 6.03 Å². The van der Waals surface area contributed by atoms with E-state index in [2.05, 4.69) is 0 Å². The van der Waals surface area contributed by atoms with E-state index < -0.39 is 5.54 Å². The zero-order valence-electron chi connectivity index (χ0n) is 20.4. The van der Waals surface area contributed by atoms with E-state index in [0.717, 1.165) is 35.3 Å². The second kappa shape index (κ2) is 9.18. The highest BCUT2D eigenvalue weighted by atomic mass is 32.1. The third kappa shape index (κ3) is 3.76. The largest absolute Gasteiger partial charge is 0.493 e. The Bertz CT molecular complexity index is 1140.